The molecule has 3 N–H and O–H groups in total. The molecule has 0 fully saturated rings. The fourth-order valence-electron chi connectivity index (χ4n) is 1.87. The summed E-state index contributed by atoms with van der Waals surface area (Å²) in [4.78, 5) is 6.47. The van der Waals surface area contributed by atoms with Crippen molar-refractivity contribution >= 4 is 17.2 Å². The molecular formula is C12H18N6O. The Hall–Kier alpha value is -2.15. The Kier molecular flexibility index (Phi) is 4.30. The molecule has 0 aliphatic carbocycles. The molecular weight excluding hydrogens is 244 g/mol. The van der Waals surface area contributed by atoms with Crippen molar-refractivity contribution in [3.05, 3.63) is 24.7 Å². The van der Waals surface area contributed by atoms with Gasteiger partial charge < -0.3 is 15.4 Å². The zero-order valence-electron chi connectivity index (χ0n) is 10.9. The molecule has 2 aromatic heterocycles. The molecule has 0 bridgehead atoms. The number of anilines is 1. The summed E-state index contributed by atoms with van der Waals surface area (Å²) in [5, 5.41) is 11.5. The highest BCUT2D eigenvalue weighted by atomic mass is 16.5. The van der Waals surface area contributed by atoms with Gasteiger partial charge in [0.1, 0.15) is 5.52 Å². The minimum atomic E-state index is 0.169. The molecule has 0 saturated carbocycles. The lowest BCUT2D eigenvalue weighted by Gasteiger charge is -2.23. The number of nitrogens with one attached hydrogen (secondary N) is 1. The quantitative estimate of drug-likeness (QED) is 0.560. The summed E-state index contributed by atoms with van der Waals surface area (Å²) in [6.45, 7) is 1.92. The van der Waals surface area contributed by atoms with Gasteiger partial charge in [0.05, 0.1) is 18.6 Å². The van der Waals surface area contributed by atoms with Gasteiger partial charge in [-0.3, -0.25) is 5.41 Å². The van der Waals surface area contributed by atoms with Crippen LogP contribution in [0, 0.1) is 5.41 Å². The van der Waals surface area contributed by atoms with Crippen molar-refractivity contribution in [2.24, 2.45) is 5.73 Å². The molecule has 0 unspecified atom stereocenters. The van der Waals surface area contributed by atoms with Crippen molar-refractivity contribution in [2.45, 2.75) is 6.42 Å². The molecule has 7 heteroatoms. The maximum absolute atomic E-state index is 7.34. The minimum Gasteiger partial charge on any atom is -0.388 e. The van der Waals surface area contributed by atoms with E-state index in [1.807, 2.05) is 6.07 Å². The normalized spacial score (nSPS) is 10.8. The Morgan fingerprint density at radius 3 is 3.05 bits per heavy atom. The summed E-state index contributed by atoms with van der Waals surface area (Å²) in [5.74, 6) is 1.00. The average molecular weight is 262 g/mol. The van der Waals surface area contributed by atoms with Gasteiger partial charge in [-0.05, 0) is 6.07 Å². The van der Waals surface area contributed by atoms with Gasteiger partial charge in [-0.2, -0.15) is 5.10 Å². The minimum absolute atomic E-state index is 0.169. The van der Waals surface area contributed by atoms with Gasteiger partial charge in [0.25, 0.3) is 0 Å². The predicted octanol–water partition coefficient (Wildman–Crippen LogP) is 0.508. The van der Waals surface area contributed by atoms with Crippen molar-refractivity contribution in [3.8, 4) is 0 Å². The maximum atomic E-state index is 7.34. The second-order valence-electron chi connectivity index (χ2n) is 4.17. The molecule has 7 nitrogen and oxygen atoms in total. The van der Waals surface area contributed by atoms with E-state index in [2.05, 4.69) is 15.0 Å². The molecule has 0 aromatic carbocycles. The van der Waals surface area contributed by atoms with Gasteiger partial charge in [0.15, 0.2) is 5.82 Å². The molecule has 0 radical (unpaired) electrons. The third-order valence-corrected chi connectivity index (χ3v) is 2.82. The summed E-state index contributed by atoms with van der Waals surface area (Å²) >= 11 is 0. The standard InChI is InChI=1S/C12H18N6O/c1-19-9-8-17(6-3-11(13)14)12-10-2-4-16-18(10)7-5-15-12/h2,4-5,7H,3,6,8-9H2,1H3,(H3,13,14). The molecule has 0 spiro atoms. The highest BCUT2D eigenvalue weighted by Gasteiger charge is 2.12. The SMILES string of the molecule is COCCN(CCC(=N)N)c1nccn2nccc12. The number of fused-ring (bicyclic) bond motifs is 1. The Bertz CT molecular complexity index is 552. The summed E-state index contributed by atoms with van der Waals surface area (Å²) in [6.07, 6.45) is 5.75. The van der Waals surface area contributed by atoms with E-state index < -0.39 is 0 Å². The molecule has 2 rings (SSSR count). The van der Waals surface area contributed by atoms with Crippen LogP contribution in [0.2, 0.25) is 0 Å². The van der Waals surface area contributed by atoms with Crippen LogP contribution in [-0.4, -0.2) is 47.2 Å². The fraction of sp³-hybridized carbons (Fsp3) is 0.417. The van der Waals surface area contributed by atoms with Gasteiger partial charge in [-0.15, -0.1) is 0 Å². The highest BCUT2D eigenvalue weighted by Crippen LogP contribution is 2.18. The van der Waals surface area contributed by atoms with Gasteiger partial charge in [0.2, 0.25) is 0 Å². The van der Waals surface area contributed by atoms with Gasteiger partial charge in [0, 0.05) is 39.0 Å². The van der Waals surface area contributed by atoms with E-state index in [-0.39, 0.29) is 5.84 Å². The fourth-order valence-corrected chi connectivity index (χ4v) is 1.87. The van der Waals surface area contributed by atoms with E-state index >= 15 is 0 Å². The molecule has 0 aliphatic heterocycles. The van der Waals surface area contributed by atoms with Crippen molar-refractivity contribution in [2.75, 3.05) is 31.7 Å². The van der Waals surface area contributed by atoms with Crippen molar-refractivity contribution < 1.29 is 4.74 Å². The molecule has 102 valence electrons. The highest BCUT2D eigenvalue weighted by molar-refractivity contribution is 5.78. The van der Waals surface area contributed by atoms with Crippen LogP contribution in [0.25, 0.3) is 5.52 Å². The first-order valence-corrected chi connectivity index (χ1v) is 6.07. The number of nitrogens with zero attached hydrogens (tertiary/aromatic N) is 4. The lowest BCUT2D eigenvalue weighted by Crippen LogP contribution is -2.32. The Labute approximate surface area is 111 Å². The van der Waals surface area contributed by atoms with E-state index in [0.29, 0.717) is 26.1 Å². The van der Waals surface area contributed by atoms with Gasteiger partial charge >= 0.3 is 0 Å². The van der Waals surface area contributed by atoms with Crippen LogP contribution in [-0.2, 0) is 4.74 Å². The monoisotopic (exact) mass is 262 g/mol. The van der Waals surface area contributed by atoms with Crippen LogP contribution in [0.3, 0.4) is 0 Å². The first kappa shape index (κ1) is 13.3. The second kappa shape index (κ2) is 6.14. The summed E-state index contributed by atoms with van der Waals surface area (Å²) in [7, 11) is 1.66. The Morgan fingerprint density at radius 1 is 1.47 bits per heavy atom. The number of hydrogen-bond donors (Lipinski definition) is 2. The summed E-state index contributed by atoms with van der Waals surface area (Å²) < 4.78 is 6.89. The third kappa shape index (κ3) is 3.19. The van der Waals surface area contributed by atoms with Crippen LogP contribution in [0.15, 0.2) is 24.7 Å². The van der Waals surface area contributed by atoms with E-state index in [0.717, 1.165) is 11.3 Å². The number of nitrogens with two attached hydrogens (primary N) is 1. The zero-order valence-corrected chi connectivity index (χ0v) is 10.9. The van der Waals surface area contributed by atoms with Crippen LogP contribution >= 0.6 is 0 Å². The van der Waals surface area contributed by atoms with E-state index in [4.69, 9.17) is 15.9 Å². The lowest BCUT2D eigenvalue weighted by molar-refractivity contribution is 0.205. The first-order chi connectivity index (χ1) is 9.22. The predicted molar refractivity (Wildman–Crippen MR) is 73.6 cm³/mol. The Morgan fingerprint density at radius 2 is 2.32 bits per heavy atom. The molecule has 19 heavy (non-hydrogen) atoms. The topological polar surface area (TPSA) is 92.5 Å². The largest absolute Gasteiger partial charge is 0.388 e. The molecule has 0 atom stereocenters. The lowest BCUT2D eigenvalue weighted by atomic mass is 10.3. The number of ether oxygens (including phenoxy) is 1. The van der Waals surface area contributed by atoms with Crippen LogP contribution < -0.4 is 10.6 Å². The average Bonchev–Trinajstić information content (AvgIpc) is 2.87. The first-order valence-electron chi connectivity index (χ1n) is 6.07. The van der Waals surface area contributed by atoms with E-state index in [9.17, 15) is 0 Å². The van der Waals surface area contributed by atoms with Crippen LogP contribution in [0.4, 0.5) is 5.82 Å². The number of rotatable bonds is 7. The maximum Gasteiger partial charge on any atom is 0.154 e. The number of aromatic nitrogens is 3. The van der Waals surface area contributed by atoms with Crippen molar-refractivity contribution in [1.82, 2.24) is 14.6 Å². The Balaban J connectivity index is 2.25. The van der Waals surface area contributed by atoms with Gasteiger partial charge in [-0.25, -0.2) is 9.50 Å². The smallest absolute Gasteiger partial charge is 0.154 e. The molecule has 0 saturated heterocycles. The van der Waals surface area contributed by atoms with Crippen molar-refractivity contribution in [3.63, 3.8) is 0 Å². The molecule has 0 aliphatic rings. The van der Waals surface area contributed by atoms with E-state index in [1.54, 1.807) is 30.2 Å². The number of amidine groups is 1. The zero-order chi connectivity index (χ0) is 13.7. The molecule has 2 aromatic rings. The van der Waals surface area contributed by atoms with Crippen molar-refractivity contribution in [1.29, 1.82) is 5.41 Å². The second-order valence-corrected chi connectivity index (χ2v) is 4.17. The number of methoxy groups -OCH3 is 1. The summed E-state index contributed by atoms with van der Waals surface area (Å²) in [5.41, 5.74) is 6.36. The number of hydrogen-bond acceptors (Lipinski definition) is 5. The third-order valence-electron chi connectivity index (χ3n) is 2.82. The van der Waals surface area contributed by atoms with E-state index in [1.165, 1.54) is 0 Å². The van der Waals surface area contributed by atoms with Crippen LogP contribution in [0.5, 0.6) is 0 Å². The summed E-state index contributed by atoms with van der Waals surface area (Å²) in [6, 6.07) is 1.91. The van der Waals surface area contributed by atoms with Crippen LogP contribution in [0.1, 0.15) is 6.42 Å². The molecule has 2 heterocycles. The molecule has 0 amide bonds. The van der Waals surface area contributed by atoms with Gasteiger partial charge in [-0.1, -0.05) is 0 Å².